The number of benzene rings is 1. The number of nitrogens with zero attached hydrogens (tertiary/aromatic N) is 1. The largest absolute Gasteiger partial charge is 0.367 e. The van der Waals surface area contributed by atoms with Gasteiger partial charge >= 0.3 is 0 Å². The number of rotatable bonds is 2. The lowest BCUT2D eigenvalue weighted by Gasteiger charge is -2.03. The summed E-state index contributed by atoms with van der Waals surface area (Å²) in [5.74, 6) is 0.407. The van der Waals surface area contributed by atoms with Gasteiger partial charge in [-0.25, -0.2) is 0 Å². The Kier molecular flexibility index (Phi) is 3.01. The Labute approximate surface area is 103 Å². The minimum Gasteiger partial charge on any atom is -0.367 e. The molecule has 0 unspecified atom stereocenters. The summed E-state index contributed by atoms with van der Waals surface area (Å²) in [6.07, 6.45) is 0.810. The van der Waals surface area contributed by atoms with E-state index in [1.807, 2.05) is 26.0 Å². The SMILES string of the molecule is CCc1c(-c2ccc(C)cc2Br)noc1N. The number of anilines is 1. The molecule has 0 aliphatic heterocycles. The van der Waals surface area contributed by atoms with Crippen LogP contribution in [0.15, 0.2) is 27.2 Å². The topological polar surface area (TPSA) is 52.0 Å². The van der Waals surface area contributed by atoms with E-state index in [2.05, 4.69) is 27.2 Å². The van der Waals surface area contributed by atoms with Crippen molar-refractivity contribution in [2.75, 3.05) is 5.73 Å². The number of nitrogens with two attached hydrogens (primary N) is 1. The molecule has 1 heterocycles. The third kappa shape index (κ3) is 1.85. The highest BCUT2D eigenvalue weighted by atomic mass is 79.9. The van der Waals surface area contributed by atoms with Crippen molar-refractivity contribution in [2.45, 2.75) is 20.3 Å². The molecule has 0 spiro atoms. The fourth-order valence-corrected chi connectivity index (χ4v) is 2.37. The first-order valence-electron chi connectivity index (χ1n) is 5.14. The zero-order valence-electron chi connectivity index (χ0n) is 9.25. The second-order valence-corrected chi connectivity index (χ2v) is 4.57. The van der Waals surface area contributed by atoms with Crippen molar-refractivity contribution in [3.8, 4) is 11.3 Å². The van der Waals surface area contributed by atoms with Gasteiger partial charge in [0.15, 0.2) is 0 Å². The molecule has 0 aliphatic carbocycles. The molecule has 0 fully saturated rings. The Morgan fingerprint density at radius 2 is 2.19 bits per heavy atom. The summed E-state index contributed by atoms with van der Waals surface area (Å²) in [6.45, 7) is 4.08. The predicted octanol–water partition coefficient (Wildman–Crippen LogP) is 3.56. The quantitative estimate of drug-likeness (QED) is 0.915. The molecule has 0 aliphatic rings. The highest BCUT2D eigenvalue weighted by Crippen LogP contribution is 2.33. The Balaban J connectivity index is 2.58. The normalized spacial score (nSPS) is 10.7. The molecular formula is C12H13BrN2O. The molecule has 3 nitrogen and oxygen atoms in total. The van der Waals surface area contributed by atoms with E-state index in [4.69, 9.17) is 10.3 Å². The number of hydrogen-bond acceptors (Lipinski definition) is 3. The van der Waals surface area contributed by atoms with Crippen molar-refractivity contribution in [2.24, 2.45) is 0 Å². The van der Waals surface area contributed by atoms with Gasteiger partial charge in [0, 0.05) is 15.6 Å². The summed E-state index contributed by atoms with van der Waals surface area (Å²) >= 11 is 3.53. The molecule has 4 heteroatoms. The van der Waals surface area contributed by atoms with Crippen LogP contribution in [-0.4, -0.2) is 5.16 Å². The van der Waals surface area contributed by atoms with Gasteiger partial charge in [-0.15, -0.1) is 0 Å². The molecule has 0 atom stereocenters. The summed E-state index contributed by atoms with van der Waals surface area (Å²) in [5, 5.41) is 4.02. The zero-order valence-corrected chi connectivity index (χ0v) is 10.8. The Morgan fingerprint density at radius 1 is 1.44 bits per heavy atom. The van der Waals surface area contributed by atoms with Gasteiger partial charge in [0.2, 0.25) is 5.88 Å². The van der Waals surface area contributed by atoms with Gasteiger partial charge in [-0.3, -0.25) is 0 Å². The van der Waals surface area contributed by atoms with Crippen LogP contribution in [0.25, 0.3) is 11.3 Å². The molecular weight excluding hydrogens is 268 g/mol. The van der Waals surface area contributed by atoms with Gasteiger partial charge in [0.05, 0.1) is 0 Å². The fraction of sp³-hybridized carbons (Fsp3) is 0.250. The van der Waals surface area contributed by atoms with Crippen molar-refractivity contribution < 1.29 is 4.52 Å². The van der Waals surface area contributed by atoms with E-state index in [1.165, 1.54) is 5.56 Å². The molecule has 0 amide bonds. The molecule has 1 aromatic carbocycles. The molecule has 16 heavy (non-hydrogen) atoms. The van der Waals surface area contributed by atoms with Crippen LogP contribution in [0.4, 0.5) is 5.88 Å². The maximum Gasteiger partial charge on any atom is 0.225 e. The van der Waals surface area contributed by atoms with Gasteiger partial charge in [-0.1, -0.05) is 40.1 Å². The fourth-order valence-electron chi connectivity index (χ4n) is 1.69. The van der Waals surface area contributed by atoms with E-state index >= 15 is 0 Å². The lowest BCUT2D eigenvalue weighted by atomic mass is 10.0. The summed E-state index contributed by atoms with van der Waals surface area (Å²) in [4.78, 5) is 0. The second-order valence-electron chi connectivity index (χ2n) is 3.71. The lowest BCUT2D eigenvalue weighted by molar-refractivity contribution is 0.438. The molecule has 2 aromatic rings. The van der Waals surface area contributed by atoms with Gasteiger partial charge in [0.25, 0.3) is 0 Å². The minimum atomic E-state index is 0.407. The summed E-state index contributed by atoms with van der Waals surface area (Å²) in [6, 6.07) is 6.12. The van der Waals surface area contributed by atoms with Crippen LogP contribution >= 0.6 is 15.9 Å². The van der Waals surface area contributed by atoms with Gasteiger partial charge < -0.3 is 10.3 Å². The van der Waals surface area contributed by atoms with Crippen molar-refractivity contribution in [1.29, 1.82) is 0 Å². The summed E-state index contributed by atoms with van der Waals surface area (Å²) in [5.41, 5.74) is 9.73. The predicted molar refractivity (Wildman–Crippen MR) is 68.2 cm³/mol. The number of nitrogen functional groups attached to an aromatic ring is 1. The van der Waals surface area contributed by atoms with Gasteiger partial charge in [-0.05, 0) is 25.0 Å². The molecule has 2 N–H and O–H groups in total. The second kappa shape index (κ2) is 4.29. The Hall–Kier alpha value is -1.29. The van der Waals surface area contributed by atoms with E-state index in [0.29, 0.717) is 5.88 Å². The van der Waals surface area contributed by atoms with Crippen molar-refractivity contribution in [3.63, 3.8) is 0 Å². The average molecular weight is 281 g/mol. The van der Waals surface area contributed by atoms with Gasteiger partial charge in [0.1, 0.15) is 5.69 Å². The van der Waals surface area contributed by atoms with E-state index in [9.17, 15) is 0 Å². The van der Waals surface area contributed by atoms with Crippen molar-refractivity contribution in [1.82, 2.24) is 5.16 Å². The van der Waals surface area contributed by atoms with Crippen molar-refractivity contribution in [3.05, 3.63) is 33.8 Å². The van der Waals surface area contributed by atoms with Crippen LogP contribution < -0.4 is 5.73 Å². The lowest BCUT2D eigenvalue weighted by Crippen LogP contribution is -1.90. The molecule has 0 bridgehead atoms. The van der Waals surface area contributed by atoms with E-state index < -0.39 is 0 Å². The first-order valence-corrected chi connectivity index (χ1v) is 5.93. The van der Waals surface area contributed by atoms with Crippen LogP contribution in [0.3, 0.4) is 0 Å². The van der Waals surface area contributed by atoms with Crippen molar-refractivity contribution >= 4 is 21.8 Å². The number of halogens is 1. The van der Waals surface area contributed by atoms with Crippen LogP contribution in [0.1, 0.15) is 18.1 Å². The molecule has 0 radical (unpaired) electrons. The minimum absolute atomic E-state index is 0.407. The monoisotopic (exact) mass is 280 g/mol. The molecule has 0 saturated carbocycles. The number of aromatic nitrogens is 1. The van der Waals surface area contributed by atoms with Gasteiger partial charge in [-0.2, -0.15) is 0 Å². The van der Waals surface area contributed by atoms with Crippen LogP contribution in [0, 0.1) is 6.92 Å². The average Bonchev–Trinajstić information content (AvgIpc) is 2.59. The highest BCUT2D eigenvalue weighted by Gasteiger charge is 2.15. The maximum atomic E-state index is 5.72. The van der Waals surface area contributed by atoms with E-state index in [1.54, 1.807) is 0 Å². The maximum absolute atomic E-state index is 5.72. The number of hydrogen-bond donors (Lipinski definition) is 1. The van der Waals surface area contributed by atoms with E-state index in [-0.39, 0.29) is 0 Å². The summed E-state index contributed by atoms with van der Waals surface area (Å²) < 4.78 is 6.04. The summed E-state index contributed by atoms with van der Waals surface area (Å²) in [7, 11) is 0. The molecule has 2 rings (SSSR count). The molecule has 84 valence electrons. The smallest absolute Gasteiger partial charge is 0.225 e. The van der Waals surface area contributed by atoms with Crippen LogP contribution in [0.2, 0.25) is 0 Å². The third-order valence-electron chi connectivity index (χ3n) is 2.55. The Bertz CT molecular complexity index is 520. The van der Waals surface area contributed by atoms with Crippen LogP contribution in [0.5, 0.6) is 0 Å². The standard InChI is InChI=1S/C12H13BrN2O/c1-3-8-11(15-16-12(8)14)9-5-4-7(2)6-10(9)13/h4-6H,3,14H2,1-2H3. The highest BCUT2D eigenvalue weighted by molar-refractivity contribution is 9.10. The third-order valence-corrected chi connectivity index (χ3v) is 3.21. The number of aryl methyl sites for hydroxylation is 1. The molecule has 1 aromatic heterocycles. The first-order chi connectivity index (χ1) is 7.63. The Morgan fingerprint density at radius 3 is 2.81 bits per heavy atom. The van der Waals surface area contributed by atoms with Crippen LogP contribution in [-0.2, 0) is 6.42 Å². The molecule has 0 saturated heterocycles. The zero-order chi connectivity index (χ0) is 11.7. The van der Waals surface area contributed by atoms with E-state index in [0.717, 1.165) is 27.7 Å². The first kappa shape index (κ1) is 11.2.